The summed E-state index contributed by atoms with van der Waals surface area (Å²) in [5, 5.41) is 4.83. The highest BCUT2D eigenvalue weighted by Crippen LogP contribution is 2.24. The third kappa shape index (κ3) is 6.36. The number of carbonyl (C=O) groups excluding carboxylic acids is 1. The van der Waals surface area contributed by atoms with Crippen molar-refractivity contribution >= 4 is 41.2 Å². The molecule has 1 saturated heterocycles. The van der Waals surface area contributed by atoms with Gasteiger partial charge in [-0.3, -0.25) is 4.79 Å². The summed E-state index contributed by atoms with van der Waals surface area (Å²) in [4.78, 5) is 15.8. The lowest BCUT2D eigenvalue weighted by atomic mass is 10.1. The molecule has 1 aliphatic rings. The van der Waals surface area contributed by atoms with Gasteiger partial charge >= 0.3 is 0 Å². The number of benzene rings is 3. The van der Waals surface area contributed by atoms with Crippen molar-refractivity contribution in [2.24, 2.45) is 5.10 Å². The number of hydrazone groups is 1. The van der Waals surface area contributed by atoms with E-state index in [0.29, 0.717) is 5.56 Å². The third-order valence-electron chi connectivity index (χ3n) is 5.08. The van der Waals surface area contributed by atoms with Crippen LogP contribution in [0.2, 0.25) is 5.02 Å². The first-order valence-corrected chi connectivity index (χ1v) is 11.8. The predicted molar refractivity (Wildman–Crippen MR) is 132 cm³/mol. The van der Waals surface area contributed by atoms with Crippen LogP contribution in [0.5, 0.6) is 0 Å². The van der Waals surface area contributed by atoms with Crippen LogP contribution in [0.1, 0.15) is 21.5 Å². The van der Waals surface area contributed by atoms with E-state index >= 15 is 0 Å². The number of anilines is 1. The molecule has 0 bridgehead atoms. The fraction of sp³-hybridized carbons (Fsp3) is 0.200. The number of amides is 1. The van der Waals surface area contributed by atoms with E-state index in [2.05, 4.69) is 27.6 Å². The minimum atomic E-state index is -0.233. The zero-order valence-corrected chi connectivity index (χ0v) is 19.1. The van der Waals surface area contributed by atoms with Crippen LogP contribution in [0, 0.1) is 0 Å². The summed E-state index contributed by atoms with van der Waals surface area (Å²) in [5.41, 5.74) is 6.41. The molecule has 1 N–H and O–H groups in total. The number of hydrogen-bond acceptors (Lipinski definition) is 5. The molecule has 0 aromatic heterocycles. The Morgan fingerprint density at radius 3 is 2.38 bits per heavy atom. The minimum absolute atomic E-state index is 0.233. The summed E-state index contributed by atoms with van der Waals surface area (Å²) >= 11 is 7.65. The third-order valence-corrected chi connectivity index (χ3v) is 6.42. The van der Waals surface area contributed by atoms with E-state index in [-0.39, 0.29) is 5.91 Å². The van der Waals surface area contributed by atoms with Crippen molar-refractivity contribution in [2.45, 2.75) is 10.6 Å². The Morgan fingerprint density at radius 1 is 1.00 bits per heavy atom. The van der Waals surface area contributed by atoms with Crippen molar-refractivity contribution in [3.8, 4) is 0 Å². The molecule has 164 valence electrons. The summed E-state index contributed by atoms with van der Waals surface area (Å²) in [5.74, 6) is 0.588. The van der Waals surface area contributed by atoms with Gasteiger partial charge in [-0.25, -0.2) is 5.43 Å². The van der Waals surface area contributed by atoms with Crippen molar-refractivity contribution in [1.82, 2.24) is 5.43 Å². The van der Waals surface area contributed by atoms with Gasteiger partial charge in [-0.1, -0.05) is 35.9 Å². The number of thioether (sulfide) groups is 1. The van der Waals surface area contributed by atoms with Crippen molar-refractivity contribution in [3.63, 3.8) is 0 Å². The van der Waals surface area contributed by atoms with Crippen LogP contribution in [0.3, 0.4) is 0 Å². The lowest BCUT2D eigenvalue weighted by Gasteiger charge is -2.28. The van der Waals surface area contributed by atoms with Gasteiger partial charge in [0.15, 0.2) is 0 Å². The molecule has 1 aliphatic heterocycles. The van der Waals surface area contributed by atoms with Gasteiger partial charge in [0.05, 0.1) is 19.4 Å². The Kier molecular flexibility index (Phi) is 7.82. The van der Waals surface area contributed by atoms with E-state index in [4.69, 9.17) is 16.3 Å². The van der Waals surface area contributed by atoms with Gasteiger partial charge in [0.2, 0.25) is 0 Å². The molecule has 0 aliphatic carbocycles. The topological polar surface area (TPSA) is 53.9 Å². The Morgan fingerprint density at radius 2 is 1.69 bits per heavy atom. The maximum Gasteiger partial charge on any atom is 0.271 e. The van der Waals surface area contributed by atoms with Crippen LogP contribution in [-0.2, 0) is 10.5 Å². The molecule has 4 rings (SSSR count). The molecule has 0 atom stereocenters. The smallest absolute Gasteiger partial charge is 0.271 e. The van der Waals surface area contributed by atoms with Crippen LogP contribution in [0.15, 0.2) is 82.8 Å². The molecule has 0 radical (unpaired) electrons. The second-order valence-corrected chi connectivity index (χ2v) is 8.81. The minimum Gasteiger partial charge on any atom is -0.378 e. The molecule has 3 aromatic carbocycles. The average Bonchev–Trinajstić information content (AvgIpc) is 2.85. The van der Waals surface area contributed by atoms with Gasteiger partial charge < -0.3 is 9.64 Å². The van der Waals surface area contributed by atoms with Crippen LogP contribution < -0.4 is 10.3 Å². The number of hydrogen-bond donors (Lipinski definition) is 1. The molecule has 0 saturated carbocycles. The fourth-order valence-electron chi connectivity index (χ4n) is 3.27. The molecule has 5 nitrogen and oxygen atoms in total. The average molecular weight is 466 g/mol. The highest BCUT2D eigenvalue weighted by molar-refractivity contribution is 7.98. The number of carbonyl (C=O) groups is 1. The van der Waals surface area contributed by atoms with Crippen molar-refractivity contribution in [2.75, 3.05) is 31.2 Å². The number of morpholine rings is 1. The zero-order chi connectivity index (χ0) is 22.2. The maximum atomic E-state index is 12.4. The van der Waals surface area contributed by atoms with Gasteiger partial charge in [0, 0.05) is 40.0 Å². The van der Waals surface area contributed by atoms with Crippen molar-refractivity contribution < 1.29 is 9.53 Å². The second-order valence-electron chi connectivity index (χ2n) is 7.33. The maximum absolute atomic E-state index is 12.4. The summed E-state index contributed by atoms with van der Waals surface area (Å²) < 4.78 is 5.39. The van der Waals surface area contributed by atoms with E-state index in [0.717, 1.165) is 53.1 Å². The number of ether oxygens (including phenoxy) is 1. The van der Waals surface area contributed by atoms with E-state index in [1.165, 1.54) is 5.69 Å². The number of nitrogens with zero attached hydrogens (tertiary/aromatic N) is 2. The molecule has 3 aromatic rings. The zero-order valence-electron chi connectivity index (χ0n) is 17.5. The standard InChI is InChI=1S/C25H24ClN3O2S/c26-22-7-11-24(12-8-22)32-18-20-1-5-21(6-2-20)25(30)28-27-17-19-3-9-23(10-4-19)29-13-15-31-16-14-29/h1-12,17H,13-16,18H2,(H,28,30). The molecule has 32 heavy (non-hydrogen) atoms. The molecule has 0 unspecified atom stereocenters. The SMILES string of the molecule is O=C(NN=Cc1ccc(N2CCOCC2)cc1)c1ccc(CSc2ccc(Cl)cc2)cc1. The second kappa shape index (κ2) is 11.2. The Labute approximate surface area is 197 Å². The van der Waals surface area contributed by atoms with Crippen LogP contribution in [-0.4, -0.2) is 38.4 Å². The van der Waals surface area contributed by atoms with E-state index in [9.17, 15) is 4.79 Å². The van der Waals surface area contributed by atoms with Gasteiger partial charge in [-0.15, -0.1) is 11.8 Å². The Balaban J connectivity index is 1.26. The molecular weight excluding hydrogens is 442 g/mol. The van der Waals surface area contributed by atoms with Gasteiger partial charge in [0.25, 0.3) is 5.91 Å². The number of nitrogens with one attached hydrogen (secondary N) is 1. The number of halogens is 1. The summed E-state index contributed by atoms with van der Waals surface area (Å²) in [7, 11) is 0. The van der Waals surface area contributed by atoms with Crippen LogP contribution >= 0.6 is 23.4 Å². The quantitative estimate of drug-likeness (QED) is 0.295. The van der Waals surface area contributed by atoms with Gasteiger partial charge in [-0.2, -0.15) is 5.10 Å². The van der Waals surface area contributed by atoms with Crippen molar-refractivity contribution in [1.29, 1.82) is 0 Å². The van der Waals surface area contributed by atoms with Gasteiger partial charge in [0.1, 0.15) is 0 Å². The van der Waals surface area contributed by atoms with Crippen LogP contribution in [0.4, 0.5) is 5.69 Å². The molecule has 1 heterocycles. The Hall–Kier alpha value is -2.80. The largest absolute Gasteiger partial charge is 0.378 e. The fourth-order valence-corrected chi connectivity index (χ4v) is 4.25. The first kappa shape index (κ1) is 22.4. The lowest BCUT2D eigenvalue weighted by molar-refractivity contribution is 0.0955. The van der Waals surface area contributed by atoms with E-state index in [1.54, 1.807) is 18.0 Å². The highest BCUT2D eigenvalue weighted by Gasteiger charge is 2.10. The molecule has 1 amide bonds. The van der Waals surface area contributed by atoms with Crippen LogP contribution in [0.25, 0.3) is 0 Å². The lowest BCUT2D eigenvalue weighted by Crippen LogP contribution is -2.36. The molecule has 7 heteroatoms. The predicted octanol–water partition coefficient (Wildman–Crippen LogP) is 5.23. The summed E-state index contributed by atoms with van der Waals surface area (Å²) in [6, 6.07) is 23.5. The summed E-state index contributed by atoms with van der Waals surface area (Å²) in [6.45, 7) is 3.33. The van der Waals surface area contributed by atoms with E-state index < -0.39 is 0 Å². The Bertz CT molecular complexity index is 1050. The first-order valence-electron chi connectivity index (χ1n) is 10.4. The summed E-state index contributed by atoms with van der Waals surface area (Å²) in [6.07, 6.45) is 1.65. The normalized spacial score (nSPS) is 14.0. The highest BCUT2D eigenvalue weighted by atomic mass is 35.5. The van der Waals surface area contributed by atoms with Crippen molar-refractivity contribution in [3.05, 3.63) is 94.5 Å². The molecular formula is C25H24ClN3O2S. The molecule has 0 spiro atoms. The van der Waals surface area contributed by atoms with E-state index in [1.807, 2.05) is 60.7 Å². The molecule has 1 fully saturated rings. The number of rotatable bonds is 7. The van der Waals surface area contributed by atoms with Gasteiger partial charge in [-0.05, 0) is 59.7 Å². The first-order chi connectivity index (χ1) is 15.7. The monoisotopic (exact) mass is 465 g/mol.